The molecule has 3 aliphatic rings. The van der Waals surface area contributed by atoms with Crippen molar-refractivity contribution < 1.29 is 13.2 Å². The molecule has 7 heteroatoms. The Morgan fingerprint density at radius 3 is 2.65 bits per heavy atom. The first kappa shape index (κ1) is 16.5. The van der Waals surface area contributed by atoms with E-state index in [1.165, 1.54) is 4.88 Å². The number of rotatable bonds is 3. The molecule has 0 radical (unpaired) electrons. The monoisotopic (exact) mass is 388 g/mol. The molecule has 1 amide bonds. The van der Waals surface area contributed by atoms with Gasteiger partial charge in [-0.3, -0.25) is 4.79 Å². The Morgan fingerprint density at radius 2 is 1.88 bits per heavy atom. The number of carbonyl (C=O) groups is 1. The van der Waals surface area contributed by atoms with Crippen LogP contribution in [0, 0.1) is 0 Å². The summed E-state index contributed by atoms with van der Waals surface area (Å²) in [5.41, 5.74) is 2.98. The summed E-state index contributed by atoms with van der Waals surface area (Å²) in [6, 6.07) is 7.72. The van der Waals surface area contributed by atoms with E-state index >= 15 is 0 Å². The number of anilines is 1. The van der Waals surface area contributed by atoms with Crippen molar-refractivity contribution in [2.45, 2.75) is 36.5 Å². The molecule has 4 heterocycles. The van der Waals surface area contributed by atoms with Crippen molar-refractivity contribution in [3.63, 3.8) is 0 Å². The maximum atomic E-state index is 13.2. The van der Waals surface area contributed by atoms with Crippen molar-refractivity contribution in [1.29, 1.82) is 0 Å². The van der Waals surface area contributed by atoms with E-state index in [4.69, 9.17) is 0 Å². The number of nitrogens with zero attached hydrogens (tertiary/aromatic N) is 2. The number of hydrogen-bond donors (Lipinski definition) is 0. The second-order valence-corrected chi connectivity index (χ2v) is 10.2. The van der Waals surface area contributed by atoms with Gasteiger partial charge in [0, 0.05) is 36.9 Å². The third-order valence-electron chi connectivity index (χ3n) is 5.76. The molecular weight excluding hydrogens is 368 g/mol. The molecule has 0 aliphatic carbocycles. The van der Waals surface area contributed by atoms with Crippen LogP contribution in [0.3, 0.4) is 0 Å². The van der Waals surface area contributed by atoms with Crippen LogP contribution in [0.4, 0.5) is 5.69 Å². The standard InChI is InChI=1S/C19H20N2O3S2/c22-18-4-3-13-10-16(11-14-6-8-21(18)19(13)14)26(23,24)20-7-5-15(12-20)17-2-1-9-25-17/h1-2,9-11,15H,3-8,12H2. The van der Waals surface area contributed by atoms with Crippen LogP contribution >= 0.6 is 11.3 Å². The molecule has 5 nitrogen and oxygen atoms in total. The molecule has 1 saturated heterocycles. The Bertz CT molecular complexity index is 982. The van der Waals surface area contributed by atoms with Crippen LogP contribution in [-0.4, -0.2) is 38.3 Å². The summed E-state index contributed by atoms with van der Waals surface area (Å²) >= 11 is 1.70. The van der Waals surface area contributed by atoms with E-state index in [0.29, 0.717) is 43.3 Å². The third-order valence-corrected chi connectivity index (χ3v) is 8.64. The lowest BCUT2D eigenvalue weighted by atomic mass is 10.00. The molecule has 3 aliphatic heterocycles. The molecular formula is C19H20N2O3S2. The van der Waals surface area contributed by atoms with Gasteiger partial charge in [0.25, 0.3) is 0 Å². The normalized spacial score (nSPS) is 22.8. The average Bonchev–Trinajstić information content (AvgIpc) is 3.38. The van der Waals surface area contributed by atoms with Gasteiger partial charge in [-0.15, -0.1) is 11.3 Å². The number of hydrogen-bond acceptors (Lipinski definition) is 4. The van der Waals surface area contributed by atoms with Gasteiger partial charge in [-0.25, -0.2) is 8.42 Å². The number of amides is 1. The molecule has 0 spiro atoms. The van der Waals surface area contributed by atoms with Crippen molar-refractivity contribution >= 4 is 33.0 Å². The van der Waals surface area contributed by atoms with Crippen molar-refractivity contribution in [1.82, 2.24) is 4.31 Å². The minimum absolute atomic E-state index is 0.158. The van der Waals surface area contributed by atoms with Gasteiger partial charge in [-0.2, -0.15) is 4.31 Å². The number of benzene rings is 1. The lowest BCUT2D eigenvalue weighted by molar-refractivity contribution is -0.118. The van der Waals surface area contributed by atoms with Crippen molar-refractivity contribution in [3.05, 3.63) is 45.6 Å². The fraction of sp³-hybridized carbons (Fsp3) is 0.421. The smallest absolute Gasteiger partial charge is 0.243 e. The van der Waals surface area contributed by atoms with Gasteiger partial charge in [0.2, 0.25) is 15.9 Å². The van der Waals surface area contributed by atoms with Crippen molar-refractivity contribution in [2.24, 2.45) is 0 Å². The molecule has 0 bridgehead atoms. The van der Waals surface area contributed by atoms with Crippen LogP contribution in [0.2, 0.25) is 0 Å². The maximum absolute atomic E-state index is 13.2. The lowest BCUT2D eigenvalue weighted by Crippen LogP contribution is -2.33. The summed E-state index contributed by atoms with van der Waals surface area (Å²) in [7, 11) is -3.49. The van der Waals surface area contributed by atoms with Gasteiger partial charge < -0.3 is 4.90 Å². The largest absolute Gasteiger partial charge is 0.312 e. The van der Waals surface area contributed by atoms with E-state index in [-0.39, 0.29) is 5.91 Å². The van der Waals surface area contributed by atoms with Crippen LogP contribution in [0.15, 0.2) is 34.5 Å². The Morgan fingerprint density at radius 1 is 1.08 bits per heavy atom. The number of carbonyl (C=O) groups excluding carboxylic acids is 1. The Labute approximate surface area is 157 Å². The van der Waals surface area contributed by atoms with Crippen LogP contribution in [0.5, 0.6) is 0 Å². The predicted octanol–water partition coefficient (Wildman–Crippen LogP) is 2.76. The highest BCUT2D eigenvalue weighted by Crippen LogP contribution is 2.40. The summed E-state index contributed by atoms with van der Waals surface area (Å²) in [6.45, 7) is 1.80. The molecule has 1 aromatic heterocycles. The fourth-order valence-corrected chi connectivity index (χ4v) is 6.88. The number of aryl methyl sites for hydroxylation is 1. The summed E-state index contributed by atoms with van der Waals surface area (Å²) in [5, 5.41) is 2.05. The van der Waals surface area contributed by atoms with E-state index in [1.54, 1.807) is 27.8 Å². The predicted molar refractivity (Wildman–Crippen MR) is 101 cm³/mol. The molecule has 0 saturated carbocycles. The highest BCUT2D eigenvalue weighted by molar-refractivity contribution is 7.89. The second-order valence-electron chi connectivity index (χ2n) is 7.25. The van der Waals surface area contributed by atoms with E-state index in [0.717, 1.165) is 29.7 Å². The number of sulfonamides is 1. The van der Waals surface area contributed by atoms with Gasteiger partial charge in [0.05, 0.1) is 10.6 Å². The van der Waals surface area contributed by atoms with Crippen molar-refractivity contribution in [3.8, 4) is 0 Å². The lowest BCUT2D eigenvalue weighted by Gasteiger charge is -2.26. The quantitative estimate of drug-likeness (QED) is 0.812. The molecule has 1 unspecified atom stereocenters. The Hall–Kier alpha value is -1.70. The average molecular weight is 389 g/mol. The van der Waals surface area contributed by atoms with Crippen LogP contribution < -0.4 is 4.90 Å². The zero-order valence-electron chi connectivity index (χ0n) is 14.3. The van der Waals surface area contributed by atoms with Gasteiger partial charge in [-0.05, 0) is 54.0 Å². The fourth-order valence-electron chi connectivity index (χ4n) is 4.43. The zero-order valence-corrected chi connectivity index (χ0v) is 16.0. The SMILES string of the molecule is O=C1CCc2cc(S(=O)(=O)N3CCC(c4cccs4)C3)cc3c2N1CC3. The van der Waals surface area contributed by atoms with Gasteiger partial charge >= 0.3 is 0 Å². The van der Waals surface area contributed by atoms with E-state index in [9.17, 15) is 13.2 Å². The van der Waals surface area contributed by atoms with Crippen LogP contribution in [0.25, 0.3) is 0 Å². The molecule has 26 heavy (non-hydrogen) atoms. The molecule has 136 valence electrons. The molecule has 0 N–H and O–H groups in total. The summed E-state index contributed by atoms with van der Waals surface area (Å²) in [5.74, 6) is 0.454. The first-order valence-corrected chi connectivity index (χ1v) is 11.4. The zero-order chi connectivity index (χ0) is 17.9. The maximum Gasteiger partial charge on any atom is 0.243 e. The molecule has 1 atom stereocenters. The topological polar surface area (TPSA) is 57.7 Å². The van der Waals surface area contributed by atoms with E-state index in [2.05, 4.69) is 6.07 Å². The summed E-state index contributed by atoms with van der Waals surface area (Å²) < 4.78 is 28.1. The molecule has 5 rings (SSSR count). The third kappa shape index (κ3) is 2.45. The van der Waals surface area contributed by atoms with Crippen LogP contribution in [-0.2, 0) is 27.7 Å². The first-order valence-electron chi connectivity index (χ1n) is 9.04. The first-order chi connectivity index (χ1) is 12.5. The molecule has 2 aromatic rings. The Balaban J connectivity index is 1.48. The molecule has 1 fully saturated rings. The minimum Gasteiger partial charge on any atom is -0.312 e. The van der Waals surface area contributed by atoms with Crippen molar-refractivity contribution in [2.75, 3.05) is 24.5 Å². The van der Waals surface area contributed by atoms with Gasteiger partial charge in [-0.1, -0.05) is 6.07 Å². The summed E-state index contributed by atoms with van der Waals surface area (Å²) in [6.07, 6.45) is 2.73. The van der Waals surface area contributed by atoms with Gasteiger partial charge in [0.1, 0.15) is 0 Å². The van der Waals surface area contributed by atoms with Crippen LogP contribution in [0.1, 0.15) is 34.8 Å². The summed E-state index contributed by atoms with van der Waals surface area (Å²) in [4.78, 5) is 15.6. The highest BCUT2D eigenvalue weighted by Gasteiger charge is 2.37. The highest BCUT2D eigenvalue weighted by atomic mass is 32.2. The van der Waals surface area contributed by atoms with Gasteiger partial charge in [0.15, 0.2) is 0 Å². The van der Waals surface area contributed by atoms with E-state index in [1.807, 2.05) is 16.3 Å². The second kappa shape index (κ2) is 5.90. The minimum atomic E-state index is -3.49. The number of thiophene rings is 1. The molecule has 1 aromatic carbocycles. The van der Waals surface area contributed by atoms with E-state index < -0.39 is 10.0 Å². The Kier molecular flexibility index (Phi) is 3.74.